The number of nitrogens with two attached hydrogens (primary N) is 1. The van der Waals surface area contributed by atoms with Crippen LogP contribution in [-0.4, -0.2) is 56.5 Å². The van der Waals surface area contributed by atoms with E-state index in [0.29, 0.717) is 19.1 Å². The SMILES string of the molecule is COCC(CN)(C(C)C)N1CCCOC(C)C1. The summed E-state index contributed by atoms with van der Waals surface area (Å²) in [5.41, 5.74) is 6.00. The maximum Gasteiger partial charge on any atom is 0.0674 e. The van der Waals surface area contributed by atoms with Crippen molar-refractivity contribution >= 4 is 0 Å². The summed E-state index contributed by atoms with van der Waals surface area (Å²) in [4.78, 5) is 2.47. The van der Waals surface area contributed by atoms with Crippen LogP contribution in [0.3, 0.4) is 0 Å². The highest BCUT2D eigenvalue weighted by molar-refractivity contribution is 4.95. The van der Waals surface area contributed by atoms with E-state index in [4.69, 9.17) is 15.2 Å². The van der Waals surface area contributed by atoms with Crippen molar-refractivity contribution in [3.63, 3.8) is 0 Å². The van der Waals surface area contributed by atoms with Crippen LogP contribution in [0.1, 0.15) is 27.2 Å². The van der Waals surface area contributed by atoms with Gasteiger partial charge in [0.15, 0.2) is 0 Å². The molecule has 2 N–H and O–H groups in total. The maximum atomic E-state index is 6.06. The van der Waals surface area contributed by atoms with E-state index >= 15 is 0 Å². The van der Waals surface area contributed by atoms with Gasteiger partial charge in [-0.05, 0) is 19.3 Å². The predicted octanol–water partition coefficient (Wildman–Crippen LogP) is 1.10. The molecule has 0 aromatic carbocycles. The first-order valence-corrected chi connectivity index (χ1v) is 6.62. The van der Waals surface area contributed by atoms with E-state index < -0.39 is 0 Å². The molecule has 0 amide bonds. The largest absolute Gasteiger partial charge is 0.383 e. The van der Waals surface area contributed by atoms with Crippen LogP contribution in [0.4, 0.5) is 0 Å². The normalized spacial score (nSPS) is 26.8. The third-order valence-electron chi connectivity index (χ3n) is 3.90. The van der Waals surface area contributed by atoms with Crippen LogP contribution in [0.2, 0.25) is 0 Å². The van der Waals surface area contributed by atoms with E-state index in [9.17, 15) is 0 Å². The van der Waals surface area contributed by atoms with Gasteiger partial charge in [-0.2, -0.15) is 0 Å². The molecule has 0 aliphatic carbocycles. The predicted molar refractivity (Wildman–Crippen MR) is 70.1 cm³/mol. The van der Waals surface area contributed by atoms with E-state index in [2.05, 4.69) is 25.7 Å². The van der Waals surface area contributed by atoms with Gasteiger partial charge in [0.1, 0.15) is 0 Å². The Morgan fingerprint density at radius 3 is 2.76 bits per heavy atom. The molecule has 2 atom stereocenters. The molecule has 1 aliphatic rings. The Hall–Kier alpha value is -0.160. The molecule has 4 heteroatoms. The van der Waals surface area contributed by atoms with E-state index in [0.717, 1.165) is 26.1 Å². The van der Waals surface area contributed by atoms with Crippen LogP contribution in [0.15, 0.2) is 0 Å². The van der Waals surface area contributed by atoms with E-state index in [1.165, 1.54) is 0 Å². The molecule has 0 saturated carbocycles. The molecule has 2 unspecified atom stereocenters. The number of methoxy groups -OCH3 is 1. The number of rotatable bonds is 5. The van der Waals surface area contributed by atoms with Crippen molar-refractivity contribution in [1.82, 2.24) is 4.90 Å². The number of ether oxygens (including phenoxy) is 2. The summed E-state index contributed by atoms with van der Waals surface area (Å²) in [6, 6.07) is 0. The summed E-state index contributed by atoms with van der Waals surface area (Å²) in [6.07, 6.45) is 1.35. The lowest BCUT2D eigenvalue weighted by atomic mass is 9.84. The van der Waals surface area contributed by atoms with Gasteiger partial charge in [0.25, 0.3) is 0 Å². The Labute approximate surface area is 105 Å². The first kappa shape index (κ1) is 14.9. The fourth-order valence-electron chi connectivity index (χ4n) is 2.70. The fourth-order valence-corrected chi connectivity index (χ4v) is 2.70. The van der Waals surface area contributed by atoms with Crippen molar-refractivity contribution in [2.45, 2.75) is 38.8 Å². The molecule has 1 heterocycles. The zero-order valence-corrected chi connectivity index (χ0v) is 11.7. The molecular weight excluding hydrogens is 216 g/mol. The van der Waals surface area contributed by atoms with Crippen LogP contribution >= 0.6 is 0 Å². The first-order valence-electron chi connectivity index (χ1n) is 6.62. The molecule has 0 aromatic rings. The molecule has 0 radical (unpaired) electrons. The molecule has 17 heavy (non-hydrogen) atoms. The Morgan fingerprint density at radius 2 is 2.24 bits per heavy atom. The molecule has 102 valence electrons. The molecule has 0 bridgehead atoms. The quantitative estimate of drug-likeness (QED) is 0.786. The Kier molecular flexibility index (Phi) is 5.86. The van der Waals surface area contributed by atoms with Crippen LogP contribution < -0.4 is 5.73 Å². The Balaban J connectivity index is 2.86. The molecular formula is C13H28N2O2. The van der Waals surface area contributed by atoms with Gasteiger partial charge in [-0.25, -0.2) is 0 Å². The van der Waals surface area contributed by atoms with E-state index in [1.807, 2.05) is 0 Å². The minimum absolute atomic E-state index is 0.0588. The lowest BCUT2D eigenvalue weighted by Gasteiger charge is -2.46. The number of nitrogens with zero attached hydrogens (tertiary/aromatic N) is 1. The van der Waals surface area contributed by atoms with Gasteiger partial charge in [-0.15, -0.1) is 0 Å². The zero-order valence-electron chi connectivity index (χ0n) is 11.7. The van der Waals surface area contributed by atoms with Crippen LogP contribution in [0.5, 0.6) is 0 Å². The van der Waals surface area contributed by atoms with Crippen molar-refractivity contribution in [3.05, 3.63) is 0 Å². The second kappa shape index (κ2) is 6.69. The van der Waals surface area contributed by atoms with Gasteiger partial charge in [0.2, 0.25) is 0 Å². The molecule has 0 aromatic heterocycles. The number of hydrogen-bond acceptors (Lipinski definition) is 4. The minimum Gasteiger partial charge on any atom is -0.383 e. The van der Waals surface area contributed by atoms with Gasteiger partial charge in [0.05, 0.1) is 18.2 Å². The Bertz CT molecular complexity index is 223. The van der Waals surface area contributed by atoms with Gasteiger partial charge >= 0.3 is 0 Å². The summed E-state index contributed by atoms with van der Waals surface area (Å²) in [6.45, 7) is 10.7. The van der Waals surface area contributed by atoms with Gasteiger partial charge in [-0.3, -0.25) is 4.90 Å². The molecule has 4 nitrogen and oxygen atoms in total. The van der Waals surface area contributed by atoms with Crippen molar-refractivity contribution in [1.29, 1.82) is 0 Å². The second-order valence-corrected chi connectivity index (χ2v) is 5.38. The highest BCUT2D eigenvalue weighted by Crippen LogP contribution is 2.26. The summed E-state index contributed by atoms with van der Waals surface area (Å²) in [7, 11) is 1.75. The topological polar surface area (TPSA) is 47.7 Å². The molecule has 1 rings (SSSR count). The summed E-state index contributed by atoms with van der Waals surface area (Å²) < 4.78 is 11.1. The third kappa shape index (κ3) is 3.41. The first-order chi connectivity index (χ1) is 8.06. The lowest BCUT2D eigenvalue weighted by molar-refractivity contribution is -0.0284. The standard InChI is InChI=1S/C13H28N2O2/c1-11(2)13(9-14,10-16-4)15-6-5-7-17-12(3)8-15/h11-12H,5-10,14H2,1-4H3. The molecule has 1 saturated heterocycles. The fraction of sp³-hybridized carbons (Fsp3) is 1.00. The van der Waals surface area contributed by atoms with Gasteiger partial charge in [0, 0.05) is 33.4 Å². The maximum absolute atomic E-state index is 6.06. The number of hydrogen-bond donors (Lipinski definition) is 1. The third-order valence-corrected chi connectivity index (χ3v) is 3.90. The summed E-state index contributed by atoms with van der Waals surface area (Å²) in [5.74, 6) is 0.470. The van der Waals surface area contributed by atoms with Crippen molar-refractivity contribution in [2.75, 3.05) is 40.0 Å². The second-order valence-electron chi connectivity index (χ2n) is 5.38. The molecule has 1 fully saturated rings. The average molecular weight is 244 g/mol. The van der Waals surface area contributed by atoms with Crippen molar-refractivity contribution < 1.29 is 9.47 Å². The van der Waals surface area contributed by atoms with Crippen LogP contribution in [0, 0.1) is 5.92 Å². The Morgan fingerprint density at radius 1 is 1.53 bits per heavy atom. The monoisotopic (exact) mass is 244 g/mol. The van der Waals surface area contributed by atoms with E-state index in [-0.39, 0.29) is 11.6 Å². The average Bonchev–Trinajstić information content (AvgIpc) is 2.50. The molecule has 0 spiro atoms. The van der Waals surface area contributed by atoms with E-state index in [1.54, 1.807) is 7.11 Å². The zero-order chi connectivity index (χ0) is 12.9. The van der Waals surface area contributed by atoms with Crippen LogP contribution in [-0.2, 0) is 9.47 Å². The van der Waals surface area contributed by atoms with Gasteiger partial charge in [-0.1, -0.05) is 13.8 Å². The van der Waals surface area contributed by atoms with Crippen molar-refractivity contribution in [3.8, 4) is 0 Å². The van der Waals surface area contributed by atoms with Crippen LogP contribution in [0.25, 0.3) is 0 Å². The highest BCUT2D eigenvalue weighted by Gasteiger charge is 2.39. The minimum atomic E-state index is -0.0588. The smallest absolute Gasteiger partial charge is 0.0674 e. The highest BCUT2D eigenvalue weighted by atomic mass is 16.5. The lowest BCUT2D eigenvalue weighted by Crippen LogP contribution is -2.61. The van der Waals surface area contributed by atoms with Gasteiger partial charge < -0.3 is 15.2 Å². The molecule has 1 aliphatic heterocycles. The summed E-state index contributed by atoms with van der Waals surface area (Å²) >= 11 is 0. The van der Waals surface area contributed by atoms with Crippen molar-refractivity contribution in [2.24, 2.45) is 11.7 Å². The summed E-state index contributed by atoms with van der Waals surface area (Å²) in [5, 5.41) is 0.